The number of ether oxygens (including phenoxy) is 1. The molecule has 2 aromatic rings. The highest BCUT2D eigenvalue weighted by Crippen LogP contribution is 2.27. The number of nitrogens with zero attached hydrogens (tertiary/aromatic N) is 2. The predicted molar refractivity (Wildman–Crippen MR) is 81.1 cm³/mol. The van der Waals surface area contributed by atoms with Crippen molar-refractivity contribution in [1.29, 1.82) is 0 Å². The van der Waals surface area contributed by atoms with Crippen LogP contribution in [0.2, 0.25) is 0 Å². The van der Waals surface area contributed by atoms with Crippen molar-refractivity contribution in [3.8, 4) is 17.1 Å². The summed E-state index contributed by atoms with van der Waals surface area (Å²) in [7, 11) is 1.58. The second-order valence-electron chi connectivity index (χ2n) is 5.13. The van der Waals surface area contributed by atoms with Gasteiger partial charge in [-0.15, -0.1) is 0 Å². The van der Waals surface area contributed by atoms with E-state index >= 15 is 0 Å². The highest BCUT2D eigenvalue weighted by atomic mass is 16.5. The van der Waals surface area contributed by atoms with E-state index in [9.17, 15) is 4.79 Å². The normalized spacial score (nSPS) is 13.5. The van der Waals surface area contributed by atoms with Crippen LogP contribution < -0.4 is 15.8 Å². The summed E-state index contributed by atoms with van der Waals surface area (Å²) in [5.74, 6) is 1.25. The van der Waals surface area contributed by atoms with Gasteiger partial charge in [-0.3, -0.25) is 4.79 Å². The molecule has 22 heavy (non-hydrogen) atoms. The summed E-state index contributed by atoms with van der Waals surface area (Å²) < 4.78 is 10.5. The zero-order valence-electron chi connectivity index (χ0n) is 12.9. The van der Waals surface area contributed by atoms with Crippen LogP contribution in [0.3, 0.4) is 0 Å². The van der Waals surface area contributed by atoms with Crippen LogP contribution in [0, 0.1) is 0 Å². The molecular weight excluding hydrogens is 284 g/mol. The molecule has 0 saturated heterocycles. The number of hydrogen-bond acceptors (Lipinski definition) is 6. The molecular formula is C15H20N4O3. The number of hydrogen-bond donors (Lipinski definition) is 2. The van der Waals surface area contributed by atoms with Crippen molar-refractivity contribution in [2.24, 2.45) is 5.73 Å². The summed E-state index contributed by atoms with van der Waals surface area (Å²) in [5.41, 5.74) is 6.32. The van der Waals surface area contributed by atoms with E-state index in [1.54, 1.807) is 21.0 Å². The number of carbonyl (C=O) groups excluding carboxylic acids is 1. The average Bonchev–Trinajstić information content (AvgIpc) is 2.96. The maximum absolute atomic E-state index is 11.7. The smallest absolute Gasteiger partial charge is 0.249 e. The first kappa shape index (κ1) is 16.0. The van der Waals surface area contributed by atoms with Crippen LogP contribution in [0.5, 0.6) is 5.75 Å². The van der Waals surface area contributed by atoms with E-state index in [2.05, 4.69) is 15.5 Å². The van der Waals surface area contributed by atoms with E-state index in [4.69, 9.17) is 15.0 Å². The Bertz CT molecular complexity index is 639. The van der Waals surface area contributed by atoms with Gasteiger partial charge in [0.1, 0.15) is 11.8 Å². The van der Waals surface area contributed by atoms with Crippen LogP contribution in [0.4, 0.5) is 0 Å². The molecule has 1 amide bonds. The number of nitrogens with two attached hydrogens (primary N) is 1. The molecule has 0 bridgehead atoms. The molecule has 7 nitrogen and oxygen atoms in total. The Labute approximate surface area is 128 Å². The molecule has 0 fully saturated rings. The van der Waals surface area contributed by atoms with Crippen molar-refractivity contribution >= 4 is 5.91 Å². The average molecular weight is 304 g/mol. The minimum Gasteiger partial charge on any atom is -0.496 e. The van der Waals surface area contributed by atoms with Gasteiger partial charge in [0.05, 0.1) is 12.7 Å². The third kappa shape index (κ3) is 3.82. The summed E-state index contributed by atoms with van der Waals surface area (Å²) in [6, 6.07) is 6.80. The lowest BCUT2D eigenvalue weighted by molar-refractivity contribution is -0.122. The number of aromatic nitrogens is 2. The largest absolute Gasteiger partial charge is 0.496 e. The summed E-state index contributed by atoms with van der Waals surface area (Å²) in [6.45, 7) is 3.55. The maximum Gasteiger partial charge on any atom is 0.249 e. The standard InChI is InChI=1S/C15H20N4O3/c1-9(16)8-13(20)17-10(2)15-18-14(19-22-15)11-6-4-5-7-12(11)21-3/h4-7,9-10H,8,16H2,1-3H3,(H,17,20). The number of amides is 1. The summed E-state index contributed by atoms with van der Waals surface area (Å²) in [6.07, 6.45) is 0.248. The molecule has 1 aromatic carbocycles. The molecule has 0 spiro atoms. The zero-order valence-corrected chi connectivity index (χ0v) is 12.9. The van der Waals surface area contributed by atoms with Crippen molar-refractivity contribution in [2.45, 2.75) is 32.4 Å². The Kier molecular flexibility index (Phi) is 5.11. The number of para-hydroxylation sites is 1. The van der Waals surface area contributed by atoms with Crippen LogP contribution in [0.25, 0.3) is 11.4 Å². The van der Waals surface area contributed by atoms with Gasteiger partial charge >= 0.3 is 0 Å². The van der Waals surface area contributed by atoms with Gasteiger partial charge in [-0.2, -0.15) is 4.98 Å². The fourth-order valence-electron chi connectivity index (χ4n) is 2.00. The van der Waals surface area contributed by atoms with Crippen LogP contribution in [0.1, 0.15) is 32.2 Å². The molecule has 0 aliphatic carbocycles. The molecule has 0 saturated carbocycles. The summed E-state index contributed by atoms with van der Waals surface area (Å²) >= 11 is 0. The van der Waals surface area contributed by atoms with E-state index in [-0.39, 0.29) is 24.4 Å². The zero-order chi connectivity index (χ0) is 16.1. The molecule has 1 heterocycles. The number of benzene rings is 1. The number of methoxy groups -OCH3 is 1. The quantitative estimate of drug-likeness (QED) is 0.841. The topological polar surface area (TPSA) is 103 Å². The van der Waals surface area contributed by atoms with Gasteiger partial charge in [0, 0.05) is 12.5 Å². The lowest BCUT2D eigenvalue weighted by Crippen LogP contribution is -2.31. The molecule has 2 unspecified atom stereocenters. The minimum atomic E-state index is -0.387. The third-order valence-electron chi connectivity index (χ3n) is 3.04. The highest BCUT2D eigenvalue weighted by molar-refractivity contribution is 5.76. The van der Waals surface area contributed by atoms with Gasteiger partial charge < -0.3 is 20.3 Å². The van der Waals surface area contributed by atoms with Gasteiger partial charge in [0.2, 0.25) is 17.6 Å². The SMILES string of the molecule is COc1ccccc1-c1noc(C(C)NC(=O)CC(C)N)n1. The van der Waals surface area contributed by atoms with E-state index in [1.165, 1.54) is 0 Å². The number of nitrogens with one attached hydrogen (secondary N) is 1. The van der Waals surface area contributed by atoms with Gasteiger partial charge in [-0.05, 0) is 26.0 Å². The number of carbonyl (C=O) groups is 1. The van der Waals surface area contributed by atoms with Crippen LogP contribution in [-0.2, 0) is 4.79 Å². The van der Waals surface area contributed by atoms with Crippen molar-refractivity contribution in [2.75, 3.05) is 7.11 Å². The van der Waals surface area contributed by atoms with Gasteiger partial charge in [-0.1, -0.05) is 17.3 Å². The minimum absolute atomic E-state index is 0.153. The fraction of sp³-hybridized carbons (Fsp3) is 0.400. The van der Waals surface area contributed by atoms with Gasteiger partial charge in [0.15, 0.2) is 0 Å². The first-order chi connectivity index (χ1) is 10.5. The molecule has 2 rings (SSSR count). The maximum atomic E-state index is 11.7. The predicted octanol–water partition coefficient (Wildman–Crippen LogP) is 1.66. The Balaban J connectivity index is 2.12. The summed E-state index contributed by atoms with van der Waals surface area (Å²) in [5, 5.41) is 6.72. The van der Waals surface area contributed by atoms with E-state index in [0.717, 1.165) is 5.56 Å². The molecule has 2 atom stereocenters. The highest BCUT2D eigenvalue weighted by Gasteiger charge is 2.19. The van der Waals surface area contributed by atoms with Gasteiger partial charge in [0.25, 0.3) is 0 Å². The lowest BCUT2D eigenvalue weighted by Gasteiger charge is -2.10. The lowest BCUT2D eigenvalue weighted by atomic mass is 10.2. The number of rotatable bonds is 6. The van der Waals surface area contributed by atoms with Crippen LogP contribution >= 0.6 is 0 Å². The van der Waals surface area contributed by atoms with Crippen LogP contribution in [0.15, 0.2) is 28.8 Å². The first-order valence-corrected chi connectivity index (χ1v) is 7.03. The first-order valence-electron chi connectivity index (χ1n) is 7.03. The van der Waals surface area contributed by atoms with Gasteiger partial charge in [-0.25, -0.2) is 0 Å². The van der Waals surface area contributed by atoms with E-state index in [1.807, 2.05) is 24.3 Å². The molecule has 0 aliphatic rings. The summed E-state index contributed by atoms with van der Waals surface area (Å²) in [4.78, 5) is 16.0. The molecule has 0 radical (unpaired) electrons. The van der Waals surface area contributed by atoms with Crippen molar-refractivity contribution < 1.29 is 14.1 Å². The second kappa shape index (κ2) is 7.04. The van der Waals surface area contributed by atoms with Crippen molar-refractivity contribution in [3.63, 3.8) is 0 Å². The molecule has 0 aliphatic heterocycles. The Morgan fingerprint density at radius 1 is 1.41 bits per heavy atom. The fourth-order valence-corrected chi connectivity index (χ4v) is 2.00. The van der Waals surface area contributed by atoms with Crippen molar-refractivity contribution in [3.05, 3.63) is 30.2 Å². The molecule has 3 N–H and O–H groups in total. The Morgan fingerprint density at radius 3 is 2.82 bits per heavy atom. The Morgan fingerprint density at radius 2 is 2.14 bits per heavy atom. The van der Waals surface area contributed by atoms with Crippen molar-refractivity contribution in [1.82, 2.24) is 15.5 Å². The van der Waals surface area contributed by atoms with E-state index in [0.29, 0.717) is 17.5 Å². The monoisotopic (exact) mass is 304 g/mol. The molecule has 118 valence electrons. The molecule has 7 heteroatoms. The molecule has 1 aromatic heterocycles. The Hall–Kier alpha value is -2.41. The van der Waals surface area contributed by atoms with E-state index < -0.39 is 0 Å². The third-order valence-corrected chi connectivity index (χ3v) is 3.04. The second-order valence-corrected chi connectivity index (χ2v) is 5.13. The van der Waals surface area contributed by atoms with Crippen LogP contribution in [-0.4, -0.2) is 29.2 Å².